The van der Waals surface area contributed by atoms with Gasteiger partial charge in [0.1, 0.15) is 5.65 Å². The van der Waals surface area contributed by atoms with Crippen molar-refractivity contribution in [1.29, 1.82) is 0 Å². The highest BCUT2D eigenvalue weighted by atomic mass is 16.1. The summed E-state index contributed by atoms with van der Waals surface area (Å²) in [6, 6.07) is 7.39. The minimum Gasteiger partial charge on any atom is -0.330 e. The van der Waals surface area contributed by atoms with E-state index in [0.717, 1.165) is 42.0 Å². The third-order valence-electron chi connectivity index (χ3n) is 3.74. The highest BCUT2D eigenvalue weighted by Gasteiger charge is 2.12. The maximum absolute atomic E-state index is 12.3. The molecule has 0 aliphatic rings. The number of nitrogens with two attached hydrogens (primary N) is 1. The number of hydrogen-bond acceptors (Lipinski definition) is 4. The average Bonchev–Trinajstić information content (AvgIpc) is 2.99. The van der Waals surface area contributed by atoms with Crippen LogP contribution in [-0.4, -0.2) is 25.7 Å². The maximum Gasteiger partial charge on any atom is 0.274 e. The Morgan fingerprint density at radius 1 is 1.23 bits per heavy atom. The summed E-state index contributed by atoms with van der Waals surface area (Å²) in [5.41, 5.74) is 9.03. The lowest BCUT2D eigenvalue weighted by Crippen LogP contribution is -2.21. The summed E-state index contributed by atoms with van der Waals surface area (Å²) in [5.74, 6) is 0. The molecule has 114 valence electrons. The molecule has 0 amide bonds. The molecule has 0 radical (unpaired) electrons. The molecule has 0 aliphatic heterocycles. The smallest absolute Gasteiger partial charge is 0.274 e. The second-order valence-corrected chi connectivity index (χ2v) is 5.15. The molecular formula is C16H19N5O. The van der Waals surface area contributed by atoms with Gasteiger partial charge in [0.15, 0.2) is 0 Å². The quantitative estimate of drug-likeness (QED) is 0.773. The van der Waals surface area contributed by atoms with E-state index in [1.807, 2.05) is 18.2 Å². The van der Waals surface area contributed by atoms with Crippen molar-refractivity contribution in [2.24, 2.45) is 5.73 Å². The zero-order valence-electron chi connectivity index (χ0n) is 12.6. The van der Waals surface area contributed by atoms with Gasteiger partial charge in [-0.2, -0.15) is 9.61 Å². The number of nitrogens with zero attached hydrogens (tertiary/aromatic N) is 4. The Balaban J connectivity index is 2.18. The molecule has 0 aromatic carbocycles. The van der Waals surface area contributed by atoms with Crippen LogP contribution >= 0.6 is 0 Å². The number of pyridine rings is 1. The minimum absolute atomic E-state index is 0.105. The molecular weight excluding hydrogens is 278 g/mol. The van der Waals surface area contributed by atoms with Gasteiger partial charge in [-0.25, -0.2) is 0 Å². The summed E-state index contributed by atoms with van der Waals surface area (Å²) in [5, 5.41) is 4.44. The topological polar surface area (TPSA) is 78.2 Å². The Kier molecular flexibility index (Phi) is 4.02. The Hall–Kier alpha value is -2.47. The van der Waals surface area contributed by atoms with Crippen LogP contribution in [-0.2, 0) is 13.0 Å². The zero-order chi connectivity index (χ0) is 15.5. The van der Waals surface area contributed by atoms with Crippen molar-refractivity contribution in [2.75, 3.05) is 6.54 Å². The third kappa shape index (κ3) is 2.53. The van der Waals surface area contributed by atoms with Gasteiger partial charge in [-0.1, -0.05) is 0 Å². The van der Waals surface area contributed by atoms with Crippen molar-refractivity contribution in [2.45, 2.75) is 26.3 Å². The molecule has 3 aromatic heterocycles. The van der Waals surface area contributed by atoms with Gasteiger partial charge in [0, 0.05) is 42.3 Å². The monoisotopic (exact) mass is 297 g/mol. The van der Waals surface area contributed by atoms with Gasteiger partial charge in [0.25, 0.3) is 5.56 Å². The number of aromatic nitrogens is 4. The van der Waals surface area contributed by atoms with E-state index < -0.39 is 0 Å². The van der Waals surface area contributed by atoms with Gasteiger partial charge >= 0.3 is 0 Å². The first kappa shape index (κ1) is 14.5. The number of fused-ring (bicyclic) bond motifs is 1. The molecule has 6 heteroatoms. The predicted molar refractivity (Wildman–Crippen MR) is 85.7 cm³/mol. The molecule has 0 saturated carbocycles. The Labute approximate surface area is 128 Å². The predicted octanol–water partition coefficient (Wildman–Crippen LogP) is 1.47. The maximum atomic E-state index is 12.3. The average molecular weight is 297 g/mol. The molecule has 0 aliphatic carbocycles. The first-order chi connectivity index (χ1) is 10.7. The number of hydrogen-bond donors (Lipinski definition) is 1. The van der Waals surface area contributed by atoms with E-state index in [9.17, 15) is 4.79 Å². The van der Waals surface area contributed by atoms with Crippen LogP contribution in [0.25, 0.3) is 16.9 Å². The number of rotatable bonds is 5. The first-order valence-corrected chi connectivity index (χ1v) is 7.47. The molecule has 3 rings (SSSR count). The van der Waals surface area contributed by atoms with E-state index >= 15 is 0 Å². The molecule has 0 atom stereocenters. The molecule has 2 N–H and O–H groups in total. The second-order valence-electron chi connectivity index (χ2n) is 5.15. The van der Waals surface area contributed by atoms with Gasteiger partial charge < -0.3 is 10.3 Å². The molecule has 0 spiro atoms. The minimum atomic E-state index is -0.105. The van der Waals surface area contributed by atoms with Gasteiger partial charge in [-0.15, -0.1) is 0 Å². The van der Waals surface area contributed by atoms with Crippen LogP contribution in [0.15, 0.2) is 41.5 Å². The van der Waals surface area contributed by atoms with E-state index in [-0.39, 0.29) is 5.56 Å². The van der Waals surface area contributed by atoms with Crippen LogP contribution in [0.1, 0.15) is 19.0 Å². The Bertz CT molecular complexity index is 835. The van der Waals surface area contributed by atoms with Crippen molar-refractivity contribution < 1.29 is 0 Å². The number of aryl methyl sites for hydroxylation is 2. The van der Waals surface area contributed by atoms with E-state index in [4.69, 9.17) is 5.73 Å². The molecule has 0 bridgehead atoms. The van der Waals surface area contributed by atoms with Gasteiger partial charge in [0.2, 0.25) is 0 Å². The second kappa shape index (κ2) is 6.11. The van der Waals surface area contributed by atoms with E-state index in [1.165, 1.54) is 4.52 Å². The fourth-order valence-electron chi connectivity index (χ4n) is 2.67. The highest BCUT2D eigenvalue weighted by Crippen LogP contribution is 2.19. The SMILES string of the molecule is CCn1c(CCCN)cc(=O)n2nc(-c3ccncc3)cc12. The van der Waals surface area contributed by atoms with Crippen molar-refractivity contribution >= 4 is 5.65 Å². The molecule has 22 heavy (non-hydrogen) atoms. The lowest BCUT2D eigenvalue weighted by Gasteiger charge is -2.12. The normalized spacial score (nSPS) is 11.2. The summed E-state index contributed by atoms with van der Waals surface area (Å²) < 4.78 is 3.58. The Morgan fingerprint density at radius 3 is 2.68 bits per heavy atom. The molecule has 3 heterocycles. The zero-order valence-corrected chi connectivity index (χ0v) is 12.6. The first-order valence-electron chi connectivity index (χ1n) is 7.47. The lowest BCUT2D eigenvalue weighted by molar-refractivity contribution is 0.669. The largest absolute Gasteiger partial charge is 0.330 e. The summed E-state index contributed by atoms with van der Waals surface area (Å²) in [6.45, 7) is 3.46. The Morgan fingerprint density at radius 2 is 2.00 bits per heavy atom. The fourth-order valence-corrected chi connectivity index (χ4v) is 2.67. The van der Waals surface area contributed by atoms with E-state index in [0.29, 0.717) is 6.54 Å². The summed E-state index contributed by atoms with van der Waals surface area (Å²) in [4.78, 5) is 16.3. The standard InChI is InChI=1S/C16H19N5O/c1-2-20-13(4-3-7-17)10-16(22)21-15(20)11-14(19-21)12-5-8-18-9-6-12/h5-6,8-11H,2-4,7,17H2,1H3. The van der Waals surface area contributed by atoms with Crippen LogP contribution in [0.4, 0.5) is 0 Å². The molecule has 0 saturated heterocycles. The third-order valence-corrected chi connectivity index (χ3v) is 3.74. The highest BCUT2D eigenvalue weighted by molar-refractivity contribution is 5.63. The van der Waals surface area contributed by atoms with Crippen molar-refractivity contribution in [3.8, 4) is 11.3 Å². The summed E-state index contributed by atoms with van der Waals surface area (Å²) >= 11 is 0. The van der Waals surface area contributed by atoms with Gasteiger partial charge in [-0.3, -0.25) is 9.78 Å². The van der Waals surface area contributed by atoms with Gasteiger partial charge in [0.05, 0.1) is 5.69 Å². The van der Waals surface area contributed by atoms with Crippen LogP contribution in [0.3, 0.4) is 0 Å². The van der Waals surface area contributed by atoms with Crippen LogP contribution in [0, 0.1) is 0 Å². The van der Waals surface area contributed by atoms with Gasteiger partial charge in [-0.05, 0) is 38.4 Å². The van der Waals surface area contributed by atoms with Crippen molar-refractivity contribution in [1.82, 2.24) is 19.2 Å². The molecule has 0 unspecified atom stereocenters. The lowest BCUT2D eigenvalue weighted by atomic mass is 10.2. The summed E-state index contributed by atoms with van der Waals surface area (Å²) in [6.07, 6.45) is 5.10. The molecule has 6 nitrogen and oxygen atoms in total. The van der Waals surface area contributed by atoms with Crippen molar-refractivity contribution in [3.05, 3.63) is 52.7 Å². The van der Waals surface area contributed by atoms with Crippen LogP contribution in [0.5, 0.6) is 0 Å². The fraction of sp³-hybridized carbons (Fsp3) is 0.312. The molecule has 0 fully saturated rings. The van der Waals surface area contributed by atoms with Crippen LogP contribution in [0.2, 0.25) is 0 Å². The van der Waals surface area contributed by atoms with Crippen molar-refractivity contribution in [3.63, 3.8) is 0 Å². The van der Waals surface area contributed by atoms with E-state index in [1.54, 1.807) is 18.5 Å². The molecule has 3 aromatic rings. The van der Waals surface area contributed by atoms with Crippen LogP contribution < -0.4 is 11.3 Å². The summed E-state index contributed by atoms with van der Waals surface area (Å²) in [7, 11) is 0. The van der Waals surface area contributed by atoms with E-state index in [2.05, 4.69) is 21.6 Å².